The Morgan fingerprint density at radius 3 is 2.46 bits per heavy atom. The van der Waals surface area contributed by atoms with Crippen LogP contribution in [0.4, 0.5) is 11.4 Å². The van der Waals surface area contributed by atoms with E-state index in [-0.39, 0.29) is 0 Å². The quantitative estimate of drug-likeness (QED) is 0.501. The molecule has 3 rings (SSSR count). The van der Waals surface area contributed by atoms with Gasteiger partial charge in [0, 0.05) is 37.6 Å². The van der Waals surface area contributed by atoms with E-state index in [2.05, 4.69) is 32.5 Å². The van der Waals surface area contributed by atoms with Gasteiger partial charge in [0.2, 0.25) is 11.8 Å². The van der Waals surface area contributed by atoms with E-state index in [4.69, 9.17) is 4.74 Å². The Labute approximate surface area is 153 Å². The molecule has 2 aromatic rings. The third-order valence-corrected chi connectivity index (χ3v) is 4.63. The van der Waals surface area contributed by atoms with E-state index in [1.165, 1.54) is 5.69 Å². The average molecular weight is 355 g/mol. The van der Waals surface area contributed by atoms with Crippen molar-refractivity contribution in [2.75, 3.05) is 38.2 Å². The molecule has 1 aliphatic rings. The van der Waals surface area contributed by atoms with Gasteiger partial charge in [-0.3, -0.25) is 5.21 Å². The first-order valence-corrected chi connectivity index (χ1v) is 8.68. The van der Waals surface area contributed by atoms with E-state index >= 15 is 0 Å². The standard InChI is InChI=1S/C19H25N5O2/c1-14-13-17(18(26-3)20-15(14)2)21-19(22-25)24-11-9-23(10-12-24)16-7-5-4-6-8-16/h4-8,13,25H,9-12H2,1-3H3,(H,21,22). The second kappa shape index (κ2) is 8.05. The minimum absolute atomic E-state index is 0.404. The highest BCUT2D eigenvalue weighted by Gasteiger charge is 2.20. The fraction of sp³-hybridized carbons (Fsp3) is 0.368. The van der Waals surface area contributed by atoms with Gasteiger partial charge in [-0.1, -0.05) is 18.2 Å². The van der Waals surface area contributed by atoms with Crippen LogP contribution in [0.3, 0.4) is 0 Å². The van der Waals surface area contributed by atoms with Crippen LogP contribution in [-0.2, 0) is 0 Å². The molecule has 2 N–H and O–H groups in total. The van der Waals surface area contributed by atoms with E-state index in [0.29, 0.717) is 17.5 Å². The van der Waals surface area contributed by atoms with Crippen LogP contribution in [0.2, 0.25) is 0 Å². The van der Waals surface area contributed by atoms with Crippen molar-refractivity contribution in [3.8, 4) is 5.88 Å². The number of rotatable bonds is 3. The Morgan fingerprint density at radius 2 is 1.85 bits per heavy atom. The van der Waals surface area contributed by atoms with Gasteiger partial charge < -0.3 is 14.5 Å². The highest BCUT2D eigenvalue weighted by Crippen LogP contribution is 2.27. The molecule has 1 fully saturated rings. The molecular formula is C19H25N5O2. The molecule has 0 saturated carbocycles. The van der Waals surface area contributed by atoms with Crippen LogP contribution in [0.5, 0.6) is 5.88 Å². The lowest BCUT2D eigenvalue weighted by molar-refractivity contribution is 0.207. The maximum Gasteiger partial charge on any atom is 0.240 e. The Kier molecular flexibility index (Phi) is 5.58. The molecule has 26 heavy (non-hydrogen) atoms. The number of aryl methyl sites for hydroxylation is 2. The van der Waals surface area contributed by atoms with Crippen molar-refractivity contribution in [1.82, 2.24) is 15.4 Å². The molecule has 0 radical (unpaired) electrons. The summed E-state index contributed by atoms with van der Waals surface area (Å²) in [6.07, 6.45) is 0. The van der Waals surface area contributed by atoms with E-state index in [1.807, 2.05) is 43.0 Å². The summed E-state index contributed by atoms with van der Waals surface area (Å²) >= 11 is 0. The van der Waals surface area contributed by atoms with Crippen LogP contribution in [0.15, 0.2) is 41.4 Å². The minimum atomic E-state index is 0.404. The molecule has 1 saturated heterocycles. The summed E-state index contributed by atoms with van der Waals surface area (Å²) in [6, 6.07) is 12.2. The minimum Gasteiger partial charge on any atom is -0.479 e. The molecule has 0 atom stereocenters. The van der Waals surface area contributed by atoms with Crippen LogP contribution >= 0.6 is 0 Å². The summed E-state index contributed by atoms with van der Waals surface area (Å²) in [6.45, 7) is 7.12. The van der Waals surface area contributed by atoms with Gasteiger partial charge in [-0.2, -0.15) is 0 Å². The Bertz CT molecular complexity index is 771. The Balaban J connectivity index is 1.76. The number of methoxy groups -OCH3 is 1. The van der Waals surface area contributed by atoms with Gasteiger partial charge in [0.05, 0.1) is 7.11 Å². The molecule has 1 aromatic heterocycles. The molecule has 138 valence electrons. The second-order valence-electron chi connectivity index (χ2n) is 6.28. The summed E-state index contributed by atoms with van der Waals surface area (Å²) in [7, 11) is 1.57. The molecule has 0 bridgehead atoms. The zero-order valence-electron chi connectivity index (χ0n) is 15.4. The number of anilines is 1. The number of para-hydroxylation sites is 1. The predicted molar refractivity (Wildman–Crippen MR) is 103 cm³/mol. The maximum absolute atomic E-state index is 9.61. The number of hydrogen-bond acceptors (Lipinski definition) is 5. The van der Waals surface area contributed by atoms with Crippen molar-refractivity contribution in [2.45, 2.75) is 13.8 Å². The van der Waals surface area contributed by atoms with Crippen LogP contribution in [0, 0.1) is 13.8 Å². The molecule has 0 aliphatic carbocycles. The number of piperazine rings is 1. The normalized spacial score (nSPS) is 15.2. The number of nitrogens with zero attached hydrogens (tertiary/aromatic N) is 4. The maximum atomic E-state index is 9.61. The SMILES string of the molecule is COc1nc(C)c(C)cc1N=C(NO)N1CCN(c2ccccc2)CC1. The van der Waals surface area contributed by atoms with Crippen molar-refractivity contribution >= 4 is 17.3 Å². The third kappa shape index (κ3) is 3.88. The highest BCUT2D eigenvalue weighted by molar-refractivity contribution is 5.82. The number of aliphatic imine (C=N–C) groups is 1. The molecule has 1 aliphatic heterocycles. The first kappa shape index (κ1) is 18.0. The highest BCUT2D eigenvalue weighted by atomic mass is 16.5. The van der Waals surface area contributed by atoms with Crippen molar-refractivity contribution in [2.24, 2.45) is 4.99 Å². The van der Waals surface area contributed by atoms with Crippen molar-refractivity contribution < 1.29 is 9.94 Å². The van der Waals surface area contributed by atoms with Crippen molar-refractivity contribution in [3.63, 3.8) is 0 Å². The van der Waals surface area contributed by atoms with Gasteiger partial charge in [0.25, 0.3) is 0 Å². The van der Waals surface area contributed by atoms with Gasteiger partial charge in [-0.25, -0.2) is 15.5 Å². The molecular weight excluding hydrogens is 330 g/mol. The van der Waals surface area contributed by atoms with Gasteiger partial charge in [-0.15, -0.1) is 0 Å². The molecule has 0 unspecified atom stereocenters. The molecule has 0 amide bonds. The first-order valence-electron chi connectivity index (χ1n) is 8.68. The van der Waals surface area contributed by atoms with Gasteiger partial charge in [0.1, 0.15) is 5.69 Å². The fourth-order valence-corrected chi connectivity index (χ4v) is 3.00. The van der Waals surface area contributed by atoms with E-state index in [9.17, 15) is 5.21 Å². The first-order chi connectivity index (χ1) is 12.6. The number of pyridine rings is 1. The predicted octanol–water partition coefficient (Wildman–Crippen LogP) is 2.50. The largest absolute Gasteiger partial charge is 0.479 e. The molecule has 7 heteroatoms. The smallest absolute Gasteiger partial charge is 0.240 e. The number of hydroxylamine groups is 1. The number of aromatic nitrogens is 1. The molecule has 7 nitrogen and oxygen atoms in total. The van der Waals surface area contributed by atoms with Crippen LogP contribution < -0.4 is 15.1 Å². The number of ether oxygens (including phenoxy) is 1. The van der Waals surface area contributed by atoms with Crippen LogP contribution in [-0.4, -0.2) is 54.3 Å². The van der Waals surface area contributed by atoms with Crippen molar-refractivity contribution in [3.05, 3.63) is 47.7 Å². The fourth-order valence-electron chi connectivity index (χ4n) is 3.00. The monoisotopic (exact) mass is 355 g/mol. The molecule has 0 spiro atoms. The number of hydrogen-bond donors (Lipinski definition) is 2. The summed E-state index contributed by atoms with van der Waals surface area (Å²) in [5.41, 5.74) is 5.96. The Hall–Kier alpha value is -2.80. The average Bonchev–Trinajstić information content (AvgIpc) is 2.69. The zero-order chi connectivity index (χ0) is 18.5. The van der Waals surface area contributed by atoms with Gasteiger partial charge in [-0.05, 0) is 37.6 Å². The van der Waals surface area contributed by atoms with Gasteiger partial charge in [0.15, 0.2) is 0 Å². The third-order valence-electron chi connectivity index (χ3n) is 4.63. The summed E-state index contributed by atoms with van der Waals surface area (Å²) in [5, 5.41) is 9.61. The zero-order valence-corrected chi connectivity index (χ0v) is 15.4. The van der Waals surface area contributed by atoms with Crippen LogP contribution in [0.1, 0.15) is 11.3 Å². The molecule has 1 aromatic carbocycles. The number of nitrogens with one attached hydrogen (secondary N) is 1. The van der Waals surface area contributed by atoms with Gasteiger partial charge >= 0.3 is 0 Å². The molecule has 2 heterocycles. The lowest BCUT2D eigenvalue weighted by Gasteiger charge is -2.37. The van der Waals surface area contributed by atoms with Crippen LogP contribution in [0.25, 0.3) is 0 Å². The van der Waals surface area contributed by atoms with Crippen molar-refractivity contribution in [1.29, 1.82) is 0 Å². The van der Waals surface area contributed by atoms with E-state index < -0.39 is 0 Å². The summed E-state index contributed by atoms with van der Waals surface area (Å²) < 4.78 is 5.33. The van der Waals surface area contributed by atoms with E-state index in [0.717, 1.165) is 37.4 Å². The van der Waals surface area contributed by atoms with E-state index in [1.54, 1.807) is 7.11 Å². The topological polar surface area (TPSA) is 73.2 Å². The number of guanidine groups is 1. The number of benzene rings is 1. The summed E-state index contributed by atoms with van der Waals surface area (Å²) in [4.78, 5) is 13.3. The lowest BCUT2D eigenvalue weighted by atomic mass is 10.2. The lowest BCUT2D eigenvalue weighted by Crippen LogP contribution is -2.52. The second-order valence-corrected chi connectivity index (χ2v) is 6.28. The summed E-state index contributed by atoms with van der Waals surface area (Å²) in [5.74, 6) is 0.852. The Morgan fingerprint density at radius 1 is 1.15 bits per heavy atom.